The SMILES string of the molecule is COc1cc(N)cc(COc2ccc3c(c2)CCC3)c1. The molecule has 0 spiro atoms. The molecule has 0 saturated heterocycles. The molecule has 0 aromatic heterocycles. The number of hydrogen-bond acceptors (Lipinski definition) is 3. The molecule has 3 heteroatoms. The highest BCUT2D eigenvalue weighted by Gasteiger charge is 2.11. The van der Waals surface area contributed by atoms with Crippen molar-refractivity contribution in [1.82, 2.24) is 0 Å². The van der Waals surface area contributed by atoms with Gasteiger partial charge >= 0.3 is 0 Å². The highest BCUT2D eigenvalue weighted by Crippen LogP contribution is 2.27. The first-order chi connectivity index (χ1) is 9.74. The van der Waals surface area contributed by atoms with E-state index >= 15 is 0 Å². The number of hydrogen-bond donors (Lipinski definition) is 1. The Morgan fingerprint density at radius 3 is 2.70 bits per heavy atom. The highest BCUT2D eigenvalue weighted by molar-refractivity contribution is 5.47. The molecule has 2 N–H and O–H groups in total. The largest absolute Gasteiger partial charge is 0.497 e. The average molecular weight is 269 g/mol. The molecule has 0 unspecified atom stereocenters. The average Bonchev–Trinajstić information content (AvgIpc) is 2.92. The van der Waals surface area contributed by atoms with Crippen LogP contribution in [0.15, 0.2) is 36.4 Å². The number of nitrogen functional groups attached to an aromatic ring is 1. The normalized spacial score (nSPS) is 13.1. The number of rotatable bonds is 4. The van der Waals surface area contributed by atoms with Crippen LogP contribution in [0.4, 0.5) is 5.69 Å². The lowest BCUT2D eigenvalue weighted by molar-refractivity contribution is 0.305. The minimum atomic E-state index is 0.500. The summed E-state index contributed by atoms with van der Waals surface area (Å²) in [5.74, 6) is 1.68. The molecule has 0 aliphatic heterocycles. The predicted molar refractivity (Wildman–Crippen MR) is 80.2 cm³/mol. The zero-order chi connectivity index (χ0) is 13.9. The van der Waals surface area contributed by atoms with E-state index < -0.39 is 0 Å². The Hall–Kier alpha value is -2.16. The van der Waals surface area contributed by atoms with Gasteiger partial charge in [0.15, 0.2) is 0 Å². The molecule has 3 rings (SSSR count). The van der Waals surface area contributed by atoms with Gasteiger partial charge in [-0.2, -0.15) is 0 Å². The van der Waals surface area contributed by atoms with Gasteiger partial charge in [-0.25, -0.2) is 0 Å². The van der Waals surface area contributed by atoms with Gasteiger partial charge in [0.25, 0.3) is 0 Å². The quantitative estimate of drug-likeness (QED) is 0.866. The van der Waals surface area contributed by atoms with Crippen LogP contribution in [0.5, 0.6) is 11.5 Å². The summed E-state index contributed by atoms with van der Waals surface area (Å²) in [5.41, 5.74) is 10.4. The van der Waals surface area contributed by atoms with Crippen LogP contribution in [-0.2, 0) is 19.4 Å². The summed E-state index contributed by atoms with van der Waals surface area (Å²) >= 11 is 0. The van der Waals surface area contributed by atoms with E-state index in [1.54, 1.807) is 13.2 Å². The first-order valence-corrected chi connectivity index (χ1v) is 6.92. The van der Waals surface area contributed by atoms with E-state index in [1.165, 1.54) is 30.4 Å². The third kappa shape index (κ3) is 2.72. The van der Waals surface area contributed by atoms with Crippen molar-refractivity contribution in [3.8, 4) is 11.5 Å². The molecule has 1 aliphatic carbocycles. The van der Waals surface area contributed by atoms with Crippen LogP contribution in [0.25, 0.3) is 0 Å². The van der Waals surface area contributed by atoms with Gasteiger partial charge in [-0.3, -0.25) is 0 Å². The molecule has 2 aromatic rings. The van der Waals surface area contributed by atoms with Gasteiger partial charge in [-0.1, -0.05) is 6.07 Å². The topological polar surface area (TPSA) is 44.5 Å². The second kappa shape index (κ2) is 5.45. The van der Waals surface area contributed by atoms with Gasteiger partial charge in [-0.05, 0) is 60.2 Å². The second-order valence-corrected chi connectivity index (χ2v) is 5.19. The third-order valence-electron chi connectivity index (χ3n) is 3.70. The molecule has 0 fully saturated rings. The van der Waals surface area contributed by atoms with Crippen molar-refractivity contribution >= 4 is 5.69 Å². The summed E-state index contributed by atoms with van der Waals surface area (Å²) in [6.45, 7) is 0.500. The number of ether oxygens (including phenoxy) is 2. The van der Waals surface area contributed by atoms with E-state index in [0.717, 1.165) is 17.1 Å². The number of benzene rings is 2. The van der Waals surface area contributed by atoms with Crippen LogP contribution in [0.3, 0.4) is 0 Å². The maximum absolute atomic E-state index is 5.86. The fourth-order valence-corrected chi connectivity index (χ4v) is 2.69. The van der Waals surface area contributed by atoms with Crippen molar-refractivity contribution < 1.29 is 9.47 Å². The van der Waals surface area contributed by atoms with Crippen LogP contribution in [0.2, 0.25) is 0 Å². The molecule has 0 atom stereocenters. The molecule has 0 radical (unpaired) electrons. The Morgan fingerprint density at radius 1 is 1.00 bits per heavy atom. The predicted octanol–water partition coefficient (Wildman–Crippen LogP) is 3.35. The summed E-state index contributed by atoms with van der Waals surface area (Å²) in [7, 11) is 1.64. The minimum absolute atomic E-state index is 0.500. The number of methoxy groups -OCH3 is 1. The van der Waals surface area contributed by atoms with Crippen LogP contribution in [0, 0.1) is 0 Å². The van der Waals surface area contributed by atoms with E-state index in [-0.39, 0.29) is 0 Å². The summed E-state index contributed by atoms with van der Waals surface area (Å²) in [5, 5.41) is 0. The van der Waals surface area contributed by atoms with E-state index in [4.69, 9.17) is 15.2 Å². The van der Waals surface area contributed by atoms with Gasteiger partial charge in [0.1, 0.15) is 18.1 Å². The Morgan fingerprint density at radius 2 is 1.85 bits per heavy atom. The standard InChI is InChI=1S/C17H19NO2/c1-19-17-8-12(7-15(18)10-17)11-20-16-6-5-13-3-2-4-14(13)9-16/h5-10H,2-4,11,18H2,1H3. The number of aryl methyl sites for hydroxylation is 2. The molecular weight excluding hydrogens is 250 g/mol. The summed E-state index contributed by atoms with van der Waals surface area (Å²) in [6.07, 6.45) is 3.62. The maximum Gasteiger partial charge on any atom is 0.121 e. The van der Waals surface area contributed by atoms with Crippen LogP contribution in [-0.4, -0.2) is 7.11 Å². The molecular formula is C17H19NO2. The lowest BCUT2D eigenvalue weighted by atomic mass is 10.1. The van der Waals surface area contributed by atoms with Crippen LogP contribution >= 0.6 is 0 Å². The van der Waals surface area contributed by atoms with Gasteiger partial charge in [0.05, 0.1) is 7.11 Å². The van der Waals surface area contributed by atoms with Crippen molar-refractivity contribution in [2.24, 2.45) is 0 Å². The molecule has 0 amide bonds. The van der Waals surface area contributed by atoms with Gasteiger partial charge in [-0.15, -0.1) is 0 Å². The summed E-state index contributed by atoms with van der Waals surface area (Å²) in [6, 6.07) is 12.1. The Bertz CT molecular complexity index is 622. The zero-order valence-electron chi connectivity index (χ0n) is 11.7. The van der Waals surface area contributed by atoms with Crippen LogP contribution < -0.4 is 15.2 Å². The maximum atomic E-state index is 5.86. The highest BCUT2D eigenvalue weighted by atomic mass is 16.5. The molecule has 104 valence electrons. The smallest absolute Gasteiger partial charge is 0.121 e. The van der Waals surface area contributed by atoms with Crippen molar-refractivity contribution in [3.05, 3.63) is 53.1 Å². The van der Waals surface area contributed by atoms with E-state index in [9.17, 15) is 0 Å². The van der Waals surface area contributed by atoms with Crippen LogP contribution in [0.1, 0.15) is 23.1 Å². The van der Waals surface area contributed by atoms with Crippen molar-refractivity contribution in [1.29, 1.82) is 0 Å². The first kappa shape index (κ1) is 12.9. The van der Waals surface area contributed by atoms with E-state index in [1.807, 2.05) is 18.2 Å². The molecule has 0 bridgehead atoms. The van der Waals surface area contributed by atoms with Gasteiger partial charge < -0.3 is 15.2 Å². The fraction of sp³-hybridized carbons (Fsp3) is 0.294. The van der Waals surface area contributed by atoms with Crippen molar-refractivity contribution in [2.75, 3.05) is 12.8 Å². The lowest BCUT2D eigenvalue weighted by Gasteiger charge is -2.10. The van der Waals surface area contributed by atoms with Crippen molar-refractivity contribution in [3.63, 3.8) is 0 Å². The van der Waals surface area contributed by atoms with Gasteiger partial charge in [0, 0.05) is 11.8 Å². The molecule has 1 aliphatic rings. The molecule has 3 nitrogen and oxygen atoms in total. The van der Waals surface area contributed by atoms with E-state index in [0.29, 0.717) is 12.3 Å². The Balaban J connectivity index is 1.71. The summed E-state index contributed by atoms with van der Waals surface area (Å²) < 4.78 is 11.1. The third-order valence-corrected chi connectivity index (χ3v) is 3.70. The molecule has 0 saturated carbocycles. The number of nitrogens with two attached hydrogens (primary N) is 1. The summed E-state index contributed by atoms with van der Waals surface area (Å²) in [4.78, 5) is 0. The fourth-order valence-electron chi connectivity index (χ4n) is 2.69. The number of anilines is 1. The second-order valence-electron chi connectivity index (χ2n) is 5.19. The molecule has 2 aromatic carbocycles. The Labute approximate surface area is 119 Å². The molecule has 0 heterocycles. The van der Waals surface area contributed by atoms with Gasteiger partial charge in [0.2, 0.25) is 0 Å². The Kier molecular flexibility index (Phi) is 3.50. The van der Waals surface area contributed by atoms with E-state index in [2.05, 4.69) is 12.1 Å². The zero-order valence-corrected chi connectivity index (χ0v) is 11.7. The van der Waals surface area contributed by atoms with Crippen molar-refractivity contribution in [2.45, 2.75) is 25.9 Å². The lowest BCUT2D eigenvalue weighted by Crippen LogP contribution is -1.98. The molecule has 20 heavy (non-hydrogen) atoms. The monoisotopic (exact) mass is 269 g/mol. The minimum Gasteiger partial charge on any atom is -0.497 e. The number of fused-ring (bicyclic) bond motifs is 1. The first-order valence-electron chi connectivity index (χ1n) is 6.92.